The molecule has 0 amide bonds. The molecule has 0 bridgehead atoms. The third-order valence-corrected chi connectivity index (χ3v) is 2.78. The highest BCUT2D eigenvalue weighted by molar-refractivity contribution is 6.05. The summed E-state index contributed by atoms with van der Waals surface area (Å²) in [7, 11) is 0. The van der Waals surface area contributed by atoms with Crippen LogP contribution in [0, 0.1) is 5.41 Å². The lowest BCUT2D eigenvalue weighted by atomic mass is 9.74. The number of ketones is 2. The fourth-order valence-electron chi connectivity index (χ4n) is 1.77. The van der Waals surface area contributed by atoms with Crippen molar-refractivity contribution < 1.29 is 9.59 Å². The van der Waals surface area contributed by atoms with Crippen LogP contribution in [0.15, 0.2) is 23.8 Å². The first-order chi connectivity index (χ1) is 5.63. The average molecular weight is 162 g/mol. The first-order valence-electron chi connectivity index (χ1n) is 4.10. The molecule has 0 aliphatic heterocycles. The Morgan fingerprint density at radius 2 is 2.08 bits per heavy atom. The molecule has 0 aromatic rings. The van der Waals surface area contributed by atoms with E-state index in [-0.39, 0.29) is 17.0 Å². The summed E-state index contributed by atoms with van der Waals surface area (Å²) in [4.78, 5) is 22.4. The van der Waals surface area contributed by atoms with Crippen LogP contribution >= 0.6 is 0 Å². The predicted molar refractivity (Wildman–Crippen MR) is 44.6 cm³/mol. The number of hydrogen-bond donors (Lipinski definition) is 0. The molecule has 0 radical (unpaired) electrons. The van der Waals surface area contributed by atoms with E-state index in [1.165, 1.54) is 0 Å². The fourth-order valence-corrected chi connectivity index (χ4v) is 1.77. The Kier molecular flexibility index (Phi) is 1.34. The molecule has 0 fully saturated rings. The van der Waals surface area contributed by atoms with E-state index in [0.717, 1.165) is 5.57 Å². The lowest BCUT2D eigenvalue weighted by Crippen LogP contribution is -2.28. The van der Waals surface area contributed by atoms with Gasteiger partial charge in [0.15, 0.2) is 11.6 Å². The Morgan fingerprint density at radius 1 is 1.33 bits per heavy atom. The molecule has 2 nitrogen and oxygen atoms in total. The monoisotopic (exact) mass is 162 g/mol. The van der Waals surface area contributed by atoms with Gasteiger partial charge in [-0.15, -0.1) is 0 Å². The van der Waals surface area contributed by atoms with Crippen LogP contribution in [0.3, 0.4) is 0 Å². The van der Waals surface area contributed by atoms with Gasteiger partial charge in [-0.2, -0.15) is 0 Å². The van der Waals surface area contributed by atoms with E-state index in [0.29, 0.717) is 12.8 Å². The van der Waals surface area contributed by atoms with Crippen molar-refractivity contribution in [2.75, 3.05) is 0 Å². The predicted octanol–water partition coefficient (Wildman–Crippen LogP) is 1.42. The summed E-state index contributed by atoms with van der Waals surface area (Å²) < 4.78 is 0. The number of fused-ring (bicyclic) bond motifs is 1. The number of carbonyl (C=O) groups excluding carboxylic acids is 2. The van der Waals surface area contributed by atoms with Crippen molar-refractivity contribution in [1.29, 1.82) is 0 Å². The normalized spacial score (nSPS) is 33.6. The van der Waals surface area contributed by atoms with Crippen LogP contribution in [0.4, 0.5) is 0 Å². The minimum Gasteiger partial charge on any atom is -0.295 e. The van der Waals surface area contributed by atoms with Crippen molar-refractivity contribution in [2.24, 2.45) is 5.41 Å². The number of hydrogen-bond acceptors (Lipinski definition) is 2. The van der Waals surface area contributed by atoms with Crippen LogP contribution in [0.5, 0.6) is 0 Å². The molecule has 0 saturated carbocycles. The van der Waals surface area contributed by atoms with Gasteiger partial charge in [-0.25, -0.2) is 0 Å². The molecule has 0 N–H and O–H groups in total. The van der Waals surface area contributed by atoms with Crippen LogP contribution in [-0.2, 0) is 9.59 Å². The topological polar surface area (TPSA) is 34.1 Å². The summed E-state index contributed by atoms with van der Waals surface area (Å²) >= 11 is 0. The molecule has 0 saturated heterocycles. The highest BCUT2D eigenvalue weighted by Gasteiger charge is 2.40. The Morgan fingerprint density at radius 3 is 2.83 bits per heavy atom. The highest BCUT2D eigenvalue weighted by atomic mass is 16.1. The minimum atomic E-state index is -0.381. The van der Waals surface area contributed by atoms with Gasteiger partial charge in [0.1, 0.15) is 0 Å². The van der Waals surface area contributed by atoms with Gasteiger partial charge in [0.05, 0.1) is 5.41 Å². The van der Waals surface area contributed by atoms with Crippen LogP contribution < -0.4 is 0 Å². The number of allylic oxidation sites excluding steroid dienone is 4. The van der Waals surface area contributed by atoms with Crippen molar-refractivity contribution in [3.05, 3.63) is 23.8 Å². The van der Waals surface area contributed by atoms with E-state index in [9.17, 15) is 9.59 Å². The Labute approximate surface area is 71.0 Å². The van der Waals surface area contributed by atoms with Gasteiger partial charge < -0.3 is 0 Å². The van der Waals surface area contributed by atoms with Gasteiger partial charge in [0, 0.05) is 6.42 Å². The molecule has 0 aromatic heterocycles. The van der Waals surface area contributed by atoms with E-state index in [1.54, 1.807) is 18.2 Å². The van der Waals surface area contributed by atoms with Crippen molar-refractivity contribution in [3.63, 3.8) is 0 Å². The summed E-state index contributed by atoms with van der Waals surface area (Å²) in [6, 6.07) is 0. The molecule has 0 heterocycles. The molecule has 0 spiro atoms. The van der Waals surface area contributed by atoms with Crippen LogP contribution in [0.25, 0.3) is 0 Å². The van der Waals surface area contributed by atoms with Gasteiger partial charge in [-0.05, 0) is 31.1 Å². The third kappa shape index (κ3) is 0.809. The minimum absolute atomic E-state index is 0.140. The maximum Gasteiger partial charge on any atom is 0.165 e. The summed E-state index contributed by atoms with van der Waals surface area (Å²) in [6.45, 7) is 1.91. The number of rotatable bonds is 0. The smallest absolute Gasteiger partial charge is 0.165 e. The van der Waals surface area contributed by atoms with Crippen molar-refractivity contribution >= 4 is 11.6 Å². The van der Waals surface area contributed by atoms with E-state index in [2.05, 4.69) is 0 Å². The van der Waals surface area contributed by atoms with Gasteiger partial charge in [0.2, 0.25) is 0 Å². The van der Waals surface area contributed by atoms with Crippen LogP contribution in [-0.4, -0.2) is 11.6 Å². The first-order valence-corrected chi connectivity index (χ1v) is 4.10. The van der Waals surface area contributed by atoms with Crippen LogP contribution in [0.1, 0.15) is 19.8 Å². The Bertz CT molecular complexity index is 323. The van der Waals surface area contributed by atoms with Crippen LogP contribution in [0.2, 0.25) is 0 Å². The molecule has 12 heavy (non-hydrogen) atoms. The molecule has 2 aliphatic carbocycles. The van der Waals surface area contributed by atoms with Crippen molar-refractivity contribution in [2.45, 2.75) is 19.8 Å². The molecular formula is C10H10O2. The Hall–Kier alpha value is -1.18. The molecule has 62 valence electrons. The molecule has 2 rings (SSSR count). The zero-order valence-corrected chi connectivity index (χ0v) is 6.96. The maximum atomic E-state index is 11.4. The lowest BCUT2D eigenvalue weighted by Gasteiger charge is -2.26. The van der Waals surface area contributed by atoms with E-state index in [1.807, 2.05) is 6.92 Å². The summed E-state index contributed by atoms with van der Waals surface area (Å²) in [5.41, 5.74) is 0.511. The van der Waals surface area contributed by atoms with Gasteiger partial charge in [0.25, 0.3) is 0 Å². The summed E-state index contributed by atoms with van der Waals surface area (Å²) in [5, 5.41) is 0. The van der Waals surface area contributed by atoms with Gasteiger partial charge in [-0.1, -0.05) is 6.08 Å². The zero-order chi connectivity index (χ0) is 8.77. The average Bonchev–Trinajstić information content (AvgIpc) is 2.31. The van der Waals surface area contributed by atoms with E-state index < -0.39 is 0 Å². The largest absolute Gasteiger partial charge is 0.295 e. The molecule has 1 atom stereocenters. The van der Waals surface area contributed by atoms with E-state index >= 15 is 0 Å². The zero-order valence-electron chi connectivity index (χ0n) is 6.96. The second-order valence-electron chi connectivity index (χ2n) is 3.60. The second kappa shape index (κ2) is 2.16. The highest BCUT2D eigenvalue weighted by Crippen LogP contribution is 2.41. The molecular weight excluding hydrogens is 152 g/mol. The first kappa shape index (κ1) is 7.47. The second-order valence-corrected chi connectivity index (χ2v) is 3.60. The molecule has 2 aliphatic rings. The SMILES string of the molecule is C[C@]12CCC(=O)C=C1C=CC2=O. The number of carbonyl (C=O) groups is 2. The third-order valence-electron chi connectivity index (χ3n) is 2.78. The molecule has 2 heteroatoms. The summed E-state index contributed by atoms with van der Waals surface area (Å²) in [5.74, 6) is 0.281. The van der Waals surface area contributed by atoms with Gasteiger partial charge in [-0.3, -0.25) is 9.59 Å². The summed E-state index contributed by atoms with van der Waals surface area (Å²) in [6.07, 6.45) is 6.12. The lowest BCUT2D eigenvalue weighted by molar-refractivity contribution is -0.122. The van der Waals surface area contributed by atoms with Crippen molar-refractivity contribution in [3.8, 4) is 0 Å². The molecule has 0 aromatic carbocycles. The van der Waals surface area contributed by atoms with E-state index in [4.69, 9.17) is 0 Å². The Balaban J connectivity index is 2.49. The molecule has 0 unspecified atom stereocenters. The van der Waals surface area contributed by atoms with Crippen molar-refractivity contribution in [1.82, 2.24) is 0 Å². The quantitative estimate of drug-likeness (QED) is 0.539. The standard InChI is InChI=1S/C10H10O2/c1-10-5-4-8(11)6-7(10)2-3-9(10)12/h2-3,6H,4-5H2,1H3/t10-/m0/s1. The maximum absolute atomic E-state index is 11.4. The fraction of sp³-hybridized carbons (Fsp3) is 0.400. The van der Waals surface area contributed by atoms with Gasteiger partial charge >= 0.3 is 0 Å².